The number of benzene rings is 2. The van der Waals surface area contributed by atoms with Crippen LogP contribution in [0.4, 0.5) is 17.3 Å². The first-order chi connectivity index (χ1) is 21.9. The number of nitrogens with zero attached hydrogens (tertiary/aromatic N) is 4. The first-order valence-electron chi connectivity index (χ1n) is 15.5. The molecule has 0 bridgehead atoms. The van der Waals surface area contributed by atoms with E-state index >= 15 is 0 Å². The second kappa shape index (κ2) is 15.8. The number of aromatic nitrogens is 2. The fraction of sp³-hybridized carbons (Fsp3) is 0.412. The van der Waals surface area contributed by atoms with Crippen LogP contribution in [0.3, 0.4) is 0 Å². The number of likely N-dealkylation sites (tertiary alicyclic amines) is 1. The van der Waals surface area contributed by atoms with Crippen molar-refractivity contribution in [2.75, 3.05) is 49.9 Å². The number of aliphatic hydroxyl groups is 1. The zero-order chi connectivity index (χ0) is 31.6. The van der Waals surface area contributed by atoms with Crippen LogP contribution >= 0.6 is 11.3 Å². The molecule has 0 amide bonds. The number of anilines is 3. The average molecular weight is 633 g/mol. The maximum Gasteiger partial charge on any atom is 0.320 e. The topological polar surface area (TPSA) is 118 Å². The second-order valence-corrected chi connectivity index (χ2v) is 12.5. The molecule has 45 heavy (non-hydrogen) atoms. The van der Waals surface area contributed by atoms with Crippen molar-refractivity contribution in [2.45, 2.75) is 58.5 Å². The van der Waals surface area contributed by atoms with Crippen molar-refractivity contribution in [3.05, 3.63) is 81.5 Å². The maximum atomic E-state index is 9.88. The molecule has 2 aromatic carbocycles. The highest BCUT2D eigenvalue weighted by Gasteiger charge is 2.22. The van der Waals surface area contributed by atoms with E-state index in [1.54, 1.807) is 25.6 Å². The Balaban J connectivity index is 1.41. The number of unbranched alkanes of at least 4 members (excludes halogenated alkanes) is 1. The summed E-state index contributed by atoms with van der Waals surface area (Å²) in [7, 11) is 3.33. The van der Waals surface area contributed by atoms with Gasteiger partial charge in [-0.25, -0.2) is 0 Å². The van der Waals surface area contributed by atoms with Crippen LogP contribution in [0.2, 0.25) is 0 Å². The van der Waals surface area contributed by atoms with Crippen molar-refractivity contribution in [1.29, 1.82) is 0 Å². The number of nitrogens with two attached hydrogens (primary N) is 1. The summed E-state index contributed by atoms with van der Waals surface area (Å²) in [5, 5.41) is 13.4. The van der Waals surface area contributed by atoms with Crippen molar-refractivity contribution >= 4 is 28.7 Å². The summed E-state index contributed by atoms with van der Waals surface area (Å²) in [6.45, 7) is 6.85. The van der Waals surface area contributed by atoms with E-state index in [9.17, 15) is 5.11 Å². The van der Waals surface area contributed by atoms with Gasteiger partial charge in [0.05, 0.1) is 33.5 Å². The van der Waals surface area contributed by atoms with Gasteiger partial charge in [0.15, 0.2) is 11.6 Å². The Morgan fingerprint density at radius 2 is 1.60 bits per heavy atom. The molecule has 1 fully saturated rings. The Kier molecular flexibility index (Phi) is 11.3. The van der Waals surface area contributed by atoms with Gasteiger partial charge in [-0.3, -0.25) is 4.90 Å². The molecule has 4 aromatic rings. The van der Waals surface area contributed by atoms with Crippen LogP contribution in [0.1, 0.15) is 47.1 Å². The van der Waals surface area contributed by atoms with Crippen LogP contribution in [0.15, 0.2) is 60.7 Å². The molecule has 1 aliphatic rings. The third-order valence-electron chi connectivity index (χ3n) is 7.77. The van der Waals surface area contributed by atoms with Gasteiger partial charge in [-0.05, 0) is 60.4 Å². The number of methoxy groups -OCH3 is 2. The summed E-state index contributed by atoms with van der Waals surface area (Å²) in [5.41, 5.74) is 9.48. The third kappa shape index (κ3) is 9.00. The van der Waals surface area contributed by atoms with E-state index in [0.717, 1.165) is 61.5 Å². The molecule has 1 unspecified atom stereocenters. The maximum absolute atomic E-state index is 9.88. The van der Waals surface area contributed by atoms with Gasteiger partial charge in [-0.1, -0.05) is 37.6 Å². The number of nitrogen functional groups attached to an aromatic ring is 1. The van der Waals surface area contributed by atoms with Crippen LogP contribution in [0.25, 0.3) is 0 Å². The van der Waals surface area contributed by atoms with Crippen LogP contribution in [0, 0.1) is 0 Å². The normalized spacial score (nSPS) is 14.8. The smallest absolute Gasteiger partial charge is 0.320 e. The highest BCUT2D eigenvalue weighted by atomic mass is 32.1. The SMILES string of the molecule is CCCCOc1nc(NCc2ccc(CN3CCC(O)C3)s2)c(N)c(N(Cc2ccc(OC)cc2)Cc2ccc(OC)cc2)n1. The molecule has 240 valence electrons. The van der Waals surface area contributed by atoms with Gasteiger partial charge in [-0.2, -0.15) is 9.97 Å². The van der Waals surface area contributed by atoms with E-state index in [4.69, 9.17) is 29.9 Å². The predicted octanol–water partition coefficient (Wildman–Crippen LogP) is 5.70. The monoisotopic (exact) mass is 632 g/mol. The summed E-state index contributed by atoms with van der Waals surface area (Å²) in [6.07, 6.45) is 2.53. The third-order valence-corrected chi connectivity index (χ3v) is 8.84. The number of nitrogens with one attached hydrogen (secondary N) is 1. The lowest BCUT2D eigenvalue weighted by molar-refractivity contribution is 0.175. The standard InChI is InChI=1S/C34H44N6O4S/c1-4-5-18-44-34-37-32(36-19-29-14-15-30(45-29)23-39-17-16-26(41)22-39)31(35)33(38-34)40(20-24-6-10-27(42-2)11-7-24)21-25-8-12-28(43-3)13-9-25/h6-15,26,41H,4-5,16-23,35H2,1-3H3,(H,36,37,38). The van der Waals surface area contributed by atoms with Gasteiger partial charge in [0.1, 0.15) is 17.2 Å². The quantitative estimate of drug-likeness (QED) is 0.133. The van der Waals surface area contributed by atoms with Gasteiger partial charge in [-0.15, -0.1) is 11.3 Å². The number of hydrogen-bond acceptors (Lipinski definition) is 11. The Morgan fingerprint density at radius 1 is 0.956 bits per heavy atom. The van der Waals surface area contributed by atoms with Crippen molar-refractivity contribution in [3.63, 3.8) is 0 Å². The van der Waals surface area contributed by atoms with Gasteiger partial charge in [0.25, 0.3) is 0 Å². The van der Waals surface area contributed by atoms with Gasteiger partial charge in [0.2, 0.25) is 0 Å². The van der Waals surface area contributed by atoms with E-state index in [-0.39, 0.29) is 6.10 Å². The van der Waals surface area contributed by atoms with E-state index < -0.39 is 0 Å². The summed E-state index contributed by atoms with van der Waals surface area (Å²) in [5.74, 6) is 2.74. The number of aliphatic hydroxyl groups excluding tert-OH is 1. The zero-order valence-electron chi connectivity index (χ0n) is 26.4. The van der Waals surface area contributed by atoms with E-state index in [2.05, 4.69) is 34.2 Å². The van der Waals surface area contributed by atoms with E-state index in [1.807, 2.05) is 48.5 Å². The minimum atomic E-state index is -0.219. The molecule has 3 heterocycles. The van der Waals surface area contributed by atoms with Gasteiger partial charge >= 0.3 is 6.01 Å². The lowest BCUT2D eigenvalue weighted by atomic mass is 10.1. The molecule has 0 aliphatic carbocycles. The summed E-state index contributed by atoms with van der Waals surface area (Å²) < 4.78 is 16.8. The Morgan fingerprint density at radius 3 is 2.18 bits per heavy atom. The molecule has 1 saturated heterocycles. The van der Waals surface area contributed by atoms with E-state index in [0.29, 0.717) is 49.6 Å². The molecule has 0 radical (unpaired) electrons. The molecule has 4 N–H and O–H groups in total. The number of thiophene rings is 1. The Labute approximate surface area is 269 Å². The van der Waals surface area contributed by atoms with Gasteiger partial charge < -0.3 is 35.3 Å². The number of hydrogen-bond donors (Lipinski definition) is 3. The Hall–Kier alpha value is -4.06. The minimum absolute atomic E-state index is 0.219. The molecular weight excluding hydrogens is 588 g/mol. The molecule has 0 saturated carbocycles. The second-order valence-electron chi connectivity index (χ2n) is 11.2. The zero-order valence-corrected chi connectivity index (χ0v) is 27.2. The summed E-state index contributed by atoms with van der Waals surface area (Å²) in [6, 6.07) is 20.6. The van der Waals surface area contributed by atoms with Crippen molar-refractivity contribution < 1.29 is 19.3 Å². The highest BCUT2D eigenvalue weighted by Crippen LogP contribution is 2.33. The molecule has 0 spiro atoms. The molecule has 1 aliphatic heterocycles. The minimum Gasteiger partial charge on any atom is -0.497 e. The first-order valence-corrected chi connectivity index (χ1v) is 16.3. The molecule has 2 aromatic heterocycles. The van der Waals surface area contributed by atoms with Crippen LogP contribution in [-0.2, 0) is 26.2 Å². The van der Waals surface area contributed by atoms with E-state index in [1.165, 1.54) is 9.75 Å². The molecular formula is C34H44N6O4S. The molecule has 11 heteroatoms. The fourth-order valence-electron chi connectivity index (χ4n) is 5.24. The summed E-state index contributed by atoms with van der Waals surface area (Å²) >= 11 is 1.75. The summed E-state index contributed by atoms with van der Waals surface area (Å²) in [4.78, 5) is 16.4. The van der Waals surface area contributed by atoms with Gasteiger partial charge in [0, 0.05) is 42.5 Å². The average Bonchev–Trinajstić information content (AvgIpc) is 3.69. The van der Waals surface area contributed by atoms with Crippen LogP contribution < -0.4 is 30.2 Å². The lowest BCUT2D eigenvalue weighted by Crippen LogP contribution is -2.25. The molecule has 10 nitrogen and oxygen atoms in total. The lowest BCUT2D eigenvalue weighted by Gasteiger charge is -2.27. The molecule has 1 atom stereocenters. The van der Waals surface area contributed by atoms with Crippen molar-refractivity contribution in [3.8, 4) is 17.5 Å². The van der Waals surface area contributed by atoms with Crippen molar-refractivity contribution in [2.24, 2.45) is 0 Å². The van der Waals surface area contributed by atoms with Crippen LogP contribution in [0.5, 0.6) is 17.5 Å². The number of β-amino-alcohol motifs (C(OH)–C–C–N with tert-alkyl or cyclic N) is 1. The highest BCUT2D eigenvalue weighted by molar-refractivity contribution is 7.12. The Bertz CT molecular complexity index is 1450. The van der Waals surface area contributed by atoms with Crippen molar-refractivity contribution in [1.82, 2.24) is 14.9 Å². The number of rotatable bonds is 16. The fourth-order valence-corrected chi connectivity index (χ4v) is 6.24. The first kappa shape index (κ1) is 32.3. The largest absolute Gasteiger partial charge is 0.497 e. The predicted molar refractivity (Wildman–Crippen MR) is 180 cm³/mol. The molecule has 5 rings (SSSR count). The van der Waals surface area contributed by atoms with Crippen LogP contribution in [-0.4, -0.2) is 60.0 Å². The number of ether oxygens (including phenoxy) is 3.